The Hall–Kier alpha value is -2.99. The lowest BCUT2D eigenvalue weighted by Gasteiger charge is -2.07. The molecule has 0 bridgehead atoms. The third kappa shape index (κ3) is 3.04. The fourth-order valence-electron chi connectivity index (χ4n) is 2.62. The second-order valence-corrected chi connectivity index (χ2v) is 6.54. The maximum absolute atomic E-state index is 13.3. The highest BCUT2D eigenvalue weighted by atomic mass is 32.1. The molecule has 124 valence electrons. The standard InChI is InChI=1S/C19H14FN3OS/c1-12-11-25-19-22-17(10-23(12)19)13-4-3-7-16(9-13)21-18(24)14-5-2-6-15(20)8-14/h2-11H,1H3,(H,21,24). The van der Waals surface area contributed by atoms with Crippen LogP contribution in [-0.2, 0) is 0 Å². The van der Waals surface area contributed by atoms with E-state index in [1.165, 1.54) is 18.2 Å². The molecule has 2 aromatic heterocycles. The van der Waals surface area contributed by atoms with Crippen LogP contribution in [0.1, 0.15) is 16.1 Å². The summed E-state index contributed by atoms with van der Waals surface area (Å²) in [5.41, 5.74) is 3.81. The monoisotopic (exact) mass is 351 g/mol. The summed E-state index contributed by atoms with van der Waals surface area (Å²) in [4.78, 5) is 17.8. The molecule has 1 amide bonds. The molecule has 4 aromatic rings. The highest BCUT2D eigenvalue weighted by Crippen LogP contribution is 2.25. The van der Waals surface area contributed by atoms with E-state index in [0.29, 0.717) is 5.69 Å². The minimum absolute atomic E-state index is 0.281. The molecule has 4 nitrogen and oxygen atoms in total. The lowest BCUT2D eigenvalue weighted by molar-refractivity contribution is 0.102. The van der Waals surface area contributed by atoms with Gasteiger partial charge in [-0.25, -0.2) is 9.37 Å². The number of imidazole rings is 1. The van der Waals surface area contributed by atoms with E-state index in [4.69, 9.17) is 0 Å². The van der Waals surface area contributed by atoms with Gasteiger partial charge in [0.05, 0.1) is 5.69 Å². The number of halogens is 1. The summed E-state index contributed by atoms with van der Waals surface area (Å²) in [5.74, 6) is -0.784. The van der Waals surface area contributed by atoms with Crippen molar-refractivity contribution in [2.24, 2.45) is 0 Å². The minimum Gasteiger partial charge on any atom is -0.322 e. The molecule has 0 atom stereocenters. The maximum atomic E-state index is 13.3. The second-order valence-electron chi connectivity index (χ2n) is 5.70. The SMILES string of the molecule is Cc1csc2nc(-c3cccc(NC(=O)c4cccc(F)c4)c3)cn12. The Bertz CT molecular complexity index is 1080. The molecule has 0 aliphatic rings. The molecule has 0 saturated heterocycles. The average molecular weight is 351 g/mol. The van der Waals surface area contributed by atoms with Crippen molar-refractivity contribution in [1.29, 1.82) is 0 Å². The Morgan fingerprint density at radius 1 is 1.20 bits per heavy atom. The van der Waals surface area contributed by atoms with Crippen molar-refractivity contribution in [1.82, 2.24) is 9.38 Å². The zero-order valence-electron chi connectivity index (χ0n) is 13.4. The molecular weight excluding hydrogens is 337 g/mol. The first-order valence-corrected chi connectivity index (χ1v) is 8.59. The van der Waals surface area contributed by atoms with Crippen LogP contribution in [-0.4, -0.2) is 15.3 Å². The normalized spacial score (nSPS) is 11.0. The summed E-state index contributed by atoms with van der Waals surface area (Å²) in [6, 6.07) is 13.1. The lowest BCUT2D eigenvalue weighted by atomic mass is 10.1. The van der Waals surface area contributed by atoms with E-state index < -0.39 is 5.82 Å². The van der Waals surface area contributed by atoms with Gasteiger partial charge in [0, 0.05) is 34.1 Å². The van der Waals surface area contributed by atoms with E-state index in [-0.39, 0.29) is 11.5 Å². The van der Waals surface area contributed by atoms with Crippen LogP contribution in [0.15, 0.2) is 60.1 Å². The van der Waals surface area contributed by atoms with Crippen molar-refractivity contribution in [3.05, 3.63) is 77.2 Å². The molecule has 6 heteroatoms. The number of rotatable bonds is 3. The van der Waals surface area contributed by atoms with Gasteiger partial charge in [-0.3, -0.25) is 9.20 Å². The van der Waals surface area contributed by atoms with Crippen LogP contribution in [0.2, 0.25) is 0 Å². The summed E-state index contributed by atoms with van der Waals surface area (Å²) >= 11 is 1.59. The Kier molecular flexibility index (Phi) is 3.82. The van der Waals surface area contributed by atoms with Gasteiger partial charge in [0.25, 0.3) is 5.91 Å². The van der Waals surface area contributed by atoms with Crippen LogP contribution < -0.4 is 5.32 Å². The number of amides is 1. The second kappa shape index (κ2) is 6.14. The molecular formula is C19H14FN3OS. The fraction of sp³-hybridized carbons (Fsp3) is 0.0526. The van der Waals surface area contributed by atoms with Gasteiger partial charge >= 0.3 is 0 Å². The summed E-state index contributed by atoms with van der Waals surface area (Å²) in [6.07, 6.45) is 1.98. The van der Waals surface area contributed by atoms with Crippen molar-refractivity contribution in [3.8, 4) is 11.3 Å². The average Bonchev–Trinajstić information content (AvgIpc) is 3.17. The highest BCUT2D eigenvalue weighted by Gasteiger charge is 2.10. The number of benzene rings is 2. The number of carbonyl (C=O) groups excluding carboxylic acids is 1. The maximum Gasteiger partial charge on any atom is 0.255 e. The lowest BCUT2D eigenvalue weighted by Crippen LogP contribution is -2.12. The van der Waals surface area contributed by atoms with Crippen LogP contribution in [0.25, 0.3) is 16.2 Å². The Morgan fingerprint density at radius 3 is 2.84 bits per heavy atom. The van der Waals surface area contributed by atoms with E-state index in [1.807, 2.05) is 35.7 Å². The van der Waals surface area contributed by atoms with Crippen LogP contribution in [0.3, 0.4) is 0 Å². The first-order valence-electron chi connectivity index (χ1n) is 7.71. The molecule has 0 saturated carbocycles. The zero-order chi connectivity index (χ0) is 17.4. The summed E-state index contributed by atoms with van der Waals surface area (Å²) in [7, 11) is 0. The summed E-state index contributed by atoms with van der Waals surface area (Å²) in [6.45, 7) is 2.03. The molecule has 0 aliphatic heterocycles. The number of fused-ring (bicyclic) bond motifs is 1. The number of aryl methyl sites for hydroxylation is 1. The van der Waals surface area contributed by atoms with Gasteiger partial charge in [0.1, 0.15) is 5.82 Å². The smallest absolute Gasteiger partial charge is 0.255 e. The summed E-state index contributed by atoms with van der Waals surface area (Å²) < 4.78 is 15.3. The third-order valence-electron chi connectivity index (χ3n) is 3.89. The highest BCUT2D eigenvalue weighted by molar-refractivity contribution is 7.15. The van der Waals surface area contributed by atoms with E-state index in [1.54, 1.807) is 23.5 Å². The van der Waals surface area contributed by atoms with Crippen molar-refractivity contribution < 1.29 is 9.18 Å². The Labute approximate surface area is 147 Å². The van der Waals surface area contributed by atoms with Crippen molar-refractivity contribution >= 4 is 27.9 Å². The molecule has 0 aliphatic carbocycles. The van der Waals surface area contributed by atoms with E-state index in [0.717, 1.165) is 21.9 Å². The topological polar surface area (TPSA) is 46.4 Å². The number of anilines is 1. The van der Waals surface area contributed by atoms with Gasteiger partial charge < -0.3 is 5.32 Å². The van der Waals surface area contributed by atoms with Crippen molar-refractivity contribution in [2.75, 3.05) is 5.32 Å². The van der Waals surface area contributed by atoms with Gasteiger partial charge in [-0.05, 0) is 37.3 Å². The van der Waals surface area contributed by atoms with Crippen molar-refractivity contribution in [3.63, 3.8) is 0 Å². The van der Waals surface area contributed by atoms with Crippen molar-refractivity contribution in [2.45, 2.75) is 6.92 Å². The number of hydrogen-bond donors (Lipinski definition) is 1. The molecule has 4 rings (SSSR count). The predicted octanol–water partition coefficient (Wildman–Crippen LogP) is 4.76. The van der Waals surface area contributed by atoms with Crippen LogP contribution in [0.4, 0.5) is 10.1 Å². The van der Waals surface area contributed by atoms with E-state index >= 15 is 0 Å². The largest absolute Gasteiger partial charge is 0.322 e. The van der Waals surface area contributed by atoms with Gasteiger partial charge in [0.2, 0.25) is 0 Å². The quantitative estimate of drug-likeness (QED) is 0.578. The first-order chi connectivity index (χ1) is 12.1. The summed E-state index contributed by atoms with van der Waals surface area (Å²) in [5, 5.41) is 4.85. The molecule has 0 fully saturated rings. The fourth-order valence-corrected chi connectivity index (χ4v) is 3.47. The molecule has 0 radical (unpaired) electrons. The number of nitrogens with zero attached hydrogens (tertiary/aromatic N) is 2. The van der Waals surface area contributed by atoms with Crippen LogP contribution in [0.5, 0.6) is 0 Å². The Balaban J connectivity index is 1.61. The molecule has 1 N–H and O–H groups in total. The zero-order valence-corrected chi connectivity index (χ0v) is 14.2. The number of thiazole rings is 1. The van der Waals surface area contributed by atoms with E-state index in [9.17, 15) is 9.18 Å². The van der Waals surface area contributed by atoms with Gasteiger partial charge in [-0.2, -0.15) is 0 Å². The molecule has 0 unspecified atom stereocenters. The van der Waals surface area contributed by atoms with Gasteiger partial charge in [-0.1, -0.05) is 18.2 Å². The molecule has 2 aromatic carbocycles. The van der Waals surface area contributed by atoms with Gasteiger partial charge in [0.15, 0.2) is 4.96 Å². The van der Waals surface area contributed by atoms with Gasteiger partial charge in [-0.15, -0.1) is 11.3 Å². The number of hydrogen-bond acceptors (Lipinski definition) is 3. The van der Waals surface area contributed by atoms with Crippen LogP contribution >= 0.6 is 11.3 Å². The number of carbonyl (C=O) groups is 1. The molecule has 0 spiro atoms. The number of nitrogens with one attached hydrogen (secondary N) is 1. The molecule has 25 heavy (non-hydrogen) atoms. The first kappa shape index (κ1) is 15.5. The Morgan fingerprint density at radius 2 is 2.04 bits per heavy atom. The van der Waals surface area contributed by atoms with E-state index in [2.05, 4.69) is 15.7 Å². The minimum atomic E-state index is -0.435. The number of aromatic nitrogens is 2. The molecule has 2 heterocycles. The predicted molar refractivity (Wildman–Crippen MR) is 97.6 cm³/mol. The van der Waals surface area contributed by atoms with Crippen LogP contribution in [0, 0.1) is 12.7 Å². The third-order valence-corrected chi connectivity index (χ3v) is 4.85.